The first-order valence-electron chi connectivity index (χ1n) is 4.33. The summed E-state index contributed by atoms with van der Waals surface area (Å²) in [5.41, 5.74) is -1.74. The van der Waals surface area contributed by atoms with Crippen LogP contribution >= 0.6 is 0 Å². The number of nitrogens with one attached hydrogen (secondary N) is 1. The van der Waals surface area contributed by atoms with Crippen molar-refractivity contribution in [1.29, 1.82) is 0 Å². The van der Waals surface area contributed by atoms with Gasteiger partial charge in [0.25, 0.3) is 0 Å². The lowest BCUT2D eigenvalue weighted by atomic mass is 9.67. The van der Waals surface area contributed by atoms with Crippen molar-refractivity contribution in [3.05, 3.63) is 0 Å². The van der Waals surface area contributed by atoms with E-state index in [1.807, 2.05) is 0 Å². The Kier molecular flexibility index (Phi) is 2.67. The monoisotopic (exact) mass is 225 g/mol. The molecule has 4 nitrogen and oxygen atoms in total. The lowest BCUT2D eigenvalue weighted by Crippen LogP contribution is -2.66. The average Bonchev–Trinajstić information content (AvgIpc) is 2.08. The maximum absolute atomic E-state index is 11.9. The van der Waals surface area contributed by atoms with Crippen LogP contribution in [-0.4, -0.2) is 28.7 Å². The molecule has 0 bridgehead atoms. The molecule has 2 N–H and O–H groups in total. The summed E-state index contributed by atoms with van der Waals surface area (Å²) >= 11 is 0. The molecule has 15 heavy (non-hydrogen) atoms. The van der Waals surface area contributed by atoms with Gasteiger partial charge in [-0.2, -0.15) is 13.2 Å². The average molecular weight is 225 g/mol. The van der Waals surface area contributed by atoms with Crippen molar-refractivity contribution in [1.82, 2.24) is 5.32 Å². The predicted octanol–water partition coefficient (Wildman–Crippen LogP) is 0.918. The Labute approximate surface area is 83.5 Å². The van der Waals surface area contributed by atoms with Gasteiger partial charge in [0.05, 0.1) is 0 Å². The minimum atomic E-state index is -5.04. The highest BCUT2D eigenvalue weighted by Gasteiger charge is 2.55. The topological polar surface area (TPSA) is 66.4 Å². The van der Waals surface area contributed by atoms with E-state index in [1.54, 1.807) is 5.32 Å². The van der Waals surface area contributed by atoms with Gasteiger partial charge in [-0.3, -0.25) is 4.79 Å². The van der Waals surface area contributed by atoms with Crippen molar-refractivity contribution in [2.75, 3.05) is 0 Å². The van der Waals surface area contributed by atoms with Gasteiger partial charge in [0.1, 0.15) is 5.54 Å². The highest BCUT2D eigenvalue weighted by molar-refractivity contribution is 5.90. The summed E-state index contributed by atoms with van der Waals surface area (Å²) < 4.78 is 35.8. The van der Waals surface area contributed by atoms with Crippen LogP contribution in [0.2, 0.25) is 0 Å². The number of carboxylic acids is 1. The molecular weight excluding hydrogens is 215 g/mol. The van der Waals surface area contributed by atoms with Crippen LogP contribution in [-0.2, 0) is 9.59 Å². The van der Waals surface area contributed by atoms with Crippen molar-refractivity contribution in [2.45, 2.75) is 31.5 Å². The summed E-state index contributed by atoms with van der Waals surface area (Å²) in [6, 6.07) is 0. The van der Waals surface area contributed by atoms with Crippen LogP contribution < -0.4 is 5.32 Å². The first-order valence-corrected chi connectivity index (χ1v) is 4.33. The third-order valence-corrected chi connectivity index (χ3v) is 2.79. The molecule has 1 aliphatic rings. The molecule has 0 aromatic carbocycles. The molecule has 1 saturated carbocycles. The summed E-state index contributed by atoms with van der Waals surface area (Å²) in [7, 11) is 0. The van der Waals surface area contributed by atoms with Gasteiger partial charge in [0.15, 0.2) is 0 Å². The maximum atomic E-state index is 11.9. The first-order chi connectivity index (χ1) is 6.70. The predicted molar refractivity (Wildman–Crippen MR) is 43.0 cm³/mol. The Hall–Kier alpha value is -1.27. The van der Waals surface area contributed by atoms with Crippen LogP contribution in [0.15, 0.2) is 0 Å². The molecule has 0 aromatic rings. The number of halogens is 3. The Morgan fingerprint density at radius 2 is 2.00 bits per heavy atom. The quantitative estimate of drug-likeness (QED) is 0.734. The number of carboxylic acid groups (broad SMARTS) is 1. The minimum absolute atomic E-state index is 0.0331. The molecule has 7 heteroatoms. The molecule has 0 radical (unpaired) electrons. The van der Waals surface area contributed by atoms with Crippen molar-refractivity contribution < 1.29 is 27.9 Å². The zero-order valence-corrected chi connectivity index (χ0v) is 7.89. The number of aliphatic carboxylic acids is 1. The van der Waals surface area contributed by atoms with Crippen LogP contribution in [0.4, 0.5) is 13.2 Å². The third kappa shape index (κ3) is 1.91. The van der Waals surface area contributed by atoms with Gasteiger partial charge in [-0.05, 0) is 18.8 Å². The number of hydrogen-bond acceptors (Lipinski definition) is 2. The zero-order chi connectivity index (χ0) is 11.9. The zero-order valence-electron chi connectivity index (χ0n) is 7.89. The van der Waals surface area contributed by atoms with Crippen molar-refractivity contribution in [3.63, 3.8) is 0 Å². The standard InChI is InChI=1S/C8H10F3NO3/c1-4-2-3-7(4,6(14)15)12-5(13)8(9,10)11/h4H,2-3H2,1H3,(H,12,13)(H,14,15). The highest BCUT2D eigenvalue weighted by Crippen LogP contribution is 2.39. The molecule has 1 amide bonds. The molecule has 86 valence electrons. The molecule has 0 aromatic heterocycles. The normalized spacial score (nSPS) is 30.5. The minimum Gasteiger partial charge on any atom is -0.479 e. The van der Waals surface area contributed by atoms with Gasteiger partial charge in [-0.1, -0.05) is 6.92 Å². The number of rotatable bonds is 2. The van der Waals surface area contributed by atoms with E-state index in [0.29, 0.717) is 6.42 Å². The Morgan fingerprint density at radius 3 is 2.20 bits per heavy atom. The van der Waals surface area contributed by atoms with E-state index in [-0.39, 0.29) is 6.42 Å². The molecule has 1 aliphatic carbocycles. The maximum Gasteiger partial charge on any atom is 0.471 e. The molecule has 1 fully saturated rings. The molecule has 2 atom stereocenters. The fourth-order valence-electron chi connectivity index (χ4n) is 1.55. The van der Waals surface area contributed by atoms with Crippen molar-refractivity contribution >= 4 is 11.9 Å². The largest absolute Gasteiger partial charge is 0.479 e. The van der Waals surface area contributed by atoms with Crippen LogP contribution in [0.3, 0.4) is 0 Å². The van der Waals surface area contributed by atoms with Gasteiger partial charge in [-0.15, -0.1) is 0 Å². The molecule has 0 spiro atoms. The van der Waals surface area contributed by atoms with E-state index in [0.717, 1.165) is 0 Å². The van der Waals surface area contributed by atoms with Crippen molar-refractivity contribution in [3.8, 4) is 0 Å². The summed E-state index contributed by atoms with van der Waals surface area (Å²) in [5.74, 6) is -4.10. The second kappa shape index (κ2) is 3.39. The molecular formula is C8H10F3NO3. The van der Waals surface area contributed by atoms with Crippen molar-refractivity contribution in [2.24, 2.45) is 5.92 Å². The number of hydrogen-bond donors (Lipinski definition) is 2. The van der Waals surface area contributed by atoms with Gasteiger partial charge in [-0.25, -0.2) is 4.79 Å². The number of alkyl halides is 3. The van der Waals surface area contributed by atoms with Gasteiger partial charge >= 0.3 is 18.1 Å². The third-order valence-electron chi connectivity index (χ3n) is 2.79. The summed E-state index contributed by atoms with van der Waals surface area (Å²) in [6.45, 7) is 1.49. The van der Waals surface area contributed by atoms with Gasteiger partial charge in [0, 0.05) is 0 Å². The van der Waals surface area contributed by atoms with E-state index in [1.165, 1.54) is 6.92 Å². The number of carbonyl (C=O) groups excluding carboxylic acids is 1. The van der Waals surface area contributed by atoms with E-state index in [2.05, 4.69) is 0 Å². The molecule has 0 heterocycles. The lowest BCUT2D eigenvalue weighted by molar-refractivity contribution is -0.181. The highest BCUT2D eigenvalue weighted by atomic mass is 19.4. The molecule has 2 unspecified atom stereocenters. The second-order valence-corrected chi connectivity index (χ2v) is 3.67. The SMILES string of the molecule is CC1CCC1(NC(=O)C(F)(F)F)C(=O)O. The number of amides is 1. The Bertz CT molecular complexity index is 302. The Morgan fingerprint density at radius 1 is 1.47 bits per heavy atom. The molecule has 0 saturated heterocycles. The second-order valence-electron chi connectivity index (χ2n) is 3.67. The van der Waals surface area contributed by atoms with E-state index < -0.39 is 29.5 Å². The van der Waals surface area contributed by atoms with Crippen LogP contribution in [0.5, 0.6) is 0 Å². The van der Waals surface area contributed by atoms with Crippen LogP contribution in [0.25, 0.3) is 0 Å². The molecule has 1 rings (SSSR count). The smallest absolute Gasteiger partial charge is 0.471 e. The molecule has 0 aliphatic heterocycles. The fraction of sp³-hybridized carbons (Fsp3) is 0.750. The van der Waals surface area contributed by atoms with Gasteiger partial charge in [0.2, 0.25) is 0 Å². The number of carbonyl (C=O) groups is 2. The van der Waals surface area contributed by atoms with E-state index in [9.17, 15) is 22.8 Å². The van der Waals surface area contributed by atoms with Crippen LogP contribution in [0.1, 0.15) is 19.8 Å². The summed E-state index contributed by atoms with van der Waals surface area (Å²) in [4.78, 5) is 21.4. The Balaban J connectivity index is 2.78. The van der Waals surface area contributed by atoms with Crippen LogP contribution in [0, 0.1) is 5.92 Å². The van der Waals surface area contributed by atoms with E-state index >= 15 is 0 Å². The lowest BCUT2D eigenvalue weighted by Gasteiger charge is -2.44. The van der Waals surface area contributed by atoms with Gasteiger partial charge < -0.3 is 10.4 Å². The first kappa shape index (κ1) is 11.8. The summed E-state index contributed by atoms with van der Waals surface area (Å²) in [5, 5.41) is 10.3. The van der Waals surface area contributed by atoms with E-state index in [4.69, 9.17) is 5.11 Å². The fourth-order valence-corrected chi connectivity index (χ4v) is 1.55. The summed E-state index contributed by atoms with van der Waals surface area (Å²) in [6.07, 6.45) is -4.52.